The SMILES string of the molecule is CC(=O)Nc1ccc(S(=O)(=O)NCCNc2cc(N(C)C)nc(C)n2)c(C)c1. The number of hydrogen-bond donors (Lipinski definition) is 3. The third kappa shape index (κ3) is 5.89. The fraction of sp³-hybridized carbons (Fsp3) is 0.389. The van der Waals surface area contributed by atoms with Gasteiger partial charge in [-0.25, -0.2) is 23.1 Å². The van der Waals surface area contributed by atoms with Crippen molar-refractivity contribution in [2.75, 3.05) is 42.7 Å². The van der Waals surface area contributed by atoms with Crippen molar-refractivity contribution in [2.45, 2.75) is 25.7 Å². The number of amides is 1. The van der Waals surface area contributed by atoms with Crippen LogP contribution in [-0.2, 0) is 14.8 Å². The molecule has 28 heavy (non-hydrogen) atoms. The average Bonchev–Trinajstić information content (AvgIpc) is 2.57. The standard InChI is InChI=1S/C18H26N6O3S/c1-12-10-15(23-14(3)25)6-7-16(12)28(26,27)20-9-8-19-17-11-18(24(4)5)22-13(2)21-17/h6-7,10-11,20H,8-9H2,1-5H3,(H,23,25)(H,19,21,22). The van der Waals surface area contributed by atoms with Gasteiger partial charge in [0.2, 0.25) is 15.9 Å². The summed E-state index contributed by atoms with van der Waals surface area (Å²) < 4.78 is 27.6. The van der Waals surface area contributed by atoms with E-state index in [0.29, 0.717) is 29.4 Å². The van der Waals surface area contributed by atoms with E-state index in [1.165, 1.54) is 13.0 Å². The van der Waals surface area contributed by atoms with Crippen LogP contribution in [0.2, 0.25) is 0 Å². The zero-order valence-electron chi connectivity index (χ0n) is 16.7. The largest absolute Gasteiger partial charge is 0.369 e. The molecule has 3 N–H and O–H groups in total. The predicted octanol–water partition coefficient (Wildman–Crippen LogP) is 1.51. The van der Waals surface area contributed by atoms with Crippen LogP contribution in [0.5, 0.6) is 0 Å². The van der Waals surface area contributed by atoms with E-state index in [2.05, 4.69) is 25.3 Å². The second-order valence-electron chi connectivity index (χ2n) is 6.54. The lowest BCUT2D eigenvalue weighted by molar-refractivity contribution is -0.114. The fourth-order valence-corrected chi connectivity index (χ4v) is 3.81. The molecule has 0 fully saturated rings. The number of aromatic nitrogens is 2. The first-order chi connectivity index (χ1) is 13.1. The highest BCUT2D eigenvalue weighted by Crippen LogP contribution is 2.19. The lowest BCUT2D eigenvalue weighted by Gasteiger charge is -2.14. The lowest BCUT2D eigenvalue weighted by Crippen LogP contribution is -2.29. The number of nitrogens with zero attached hydrogens (tertiary/aromatic N) is 3. The van der Waals surface area contributed by atoms with Gasteiger partial charge in [-0.05, 0) is 37.6 Å². The molecular formula is C18H26N6O3S. The highest BCUT2D eigenvalue weighted by atomic mass is 32.2. The molecule has 0 radical (unpaired) electrons. The van der Waals surface area contributed by atoms with E-state index in [1.54, 1.807) is 32.0 Å². The highest BCUT2D eigenvalue weighted by Gasteiger charge is 2.16. The summed E-state index contributed by atoms with van der Waals surface area (Å²) >= 11 is 0. The Labute approximate surface area is 165 Å². The molecule has 0 saturated carbocycles. The van der Waals surface area contributed by atoms with Gasteiger partial charge in [-0.1, -0.05) is 0 Å². The van der Waals surface area contributed by atoms with E-state index in [4.69, 9.17) is 0 Å². The maximum Gasteiger partial charge on any atom is 0.240 e. The molecule has 0 bridgehead atoms. The van der Waals surface area contributed by atoms with E-state index in [9.17, 15) is 13.2 Å². The topological polar surface area (TPSA) is 116 Å². The van der Waals surface area contributed by atoms with Crippen LogP contribution in [0, 0.1) is 13.8 Å². The molecule has 0 aliphatic heterocycles. The molecule has 2 rings (SSSR count). The van der Waals surface area contributed by atoms with Crippen LogP contribution >= 0.6 is 0 Å². The quantitative estimate of drug-likeness (QED) is 0.569. The van der Waals surface area contributed by atoms with Crippen molar-refractivity contribution in [1.29, 1.82) is 0 Å². The van der Waals surface area contributed by atoms with Gasteiger partial charge < -0.3 is 15.5 Å². The van der Waals surface area contributed by atoms with Gasteiger partial charge in [-0.15, -0.1) is 0 Å². The van der Waals surface area contributed by atoms with E-state index in [1.807, 2.05) is 19.0 Å². The molecule has 0 atom stereocenters. The number of anilines is 3. The number of rotatable bonds is 8. The van der Waals surface area contributed by atoms with Gasteiger partial charge in [0.05, 0.1) is 4.90 Å². The van der Waals surface area contributed by atoms with Gasteiger partial charge in [-0.3, -0.25) is 4.79 Å². The van der Waals surface area contributed by atoms with Crippen molar-refractivity contribution < 1.29 is 13.2 Å². The number of carbonyl (C=O) groups is 1. The molecule has 0 spiro atoms. The number of benzene rings is 1. The van der Waals surface area contributed by atoms with Crippen molar-refractivity contribution in [3.8, 4) is 0 Å². The highest BCUT2D eigenvalue weighted by molar-refractivity contribution is 7.89. The summed E-state index contributed by atoms with van der Waals surface area (Å²) in [5, 5.41) is 5.73. The van der Waals surface area contributed by atoms with Gasteiger partial charge in [0.25, 0.3) is 0 Å². The number of nitrogens with one attached hydrogen (secondary N) is 3. The van der Waals surface area contributed by atoms with Crippen molar-refractivity contribution >= 4 is 33.3 Å². The van der Waals surface area contributed by atoms with Gasteiger partial charge in [0, 0.05) is 45.9 Å². The number of carbonyl (C=O) groups excluding carboxylic acids is 1. The Hall–Kier alpha value is -2.72. The zero-order valence-corrected chi connectivity index (χ0v) is 17.5. The third-order valence-corrected chi connectivity index (χ3v) is 5.41. The Bertz CT molecular complexity index is 960. The number of hydrogen-bond acceptors (Lipinski definition) is 7. The molecule has 2 aromatic rings. The summed E-state index contributed by atoms with van der Waals surface area (Å²) in [6.07, 6.45) is 0. The van der Waals surface area contributed by atoms with E-state index >= 15 is 0 Å². The first-order valence-electron chi connectivity index (χ1n) is 8.73. The van der Waals surface area contributed by atoms with Crippen molar-refractivity contribution in [1.82, 2.24) is 14.7 Å². The Balaban J connectivity index is 1.98. The molecular weight excluding hydrogens is 380 g/mol. The first kappa shape index (κ1) is 21.6. The van der Waals surface area contributed by atoms with Crippen LogP contribution in [0.15, 0.2) is 29.2 Å². The third-order valence-electron chi connectivity index (χ3n) is 3.79. The molecule has 0 aliphatic rings. The Morgan fingerprint density at radius 1 is 1.11 bits per heavy atom. The molecule has 152 valence electrons. The fourth-order valence-electron chi connectivity index (χ4n) is 2.56. The molecule has 9 nitrogen and oxygen atoms in total. The molecule has 1 amide bonds. The van der Waals surface area contributed by atoms with Gasteiger partial charge >= 0.3 is 0 Å². The first-order valence-corrected chi connectivity index (χ1v) is 10.2. The van der Waals surface area contributed by atoms with Crippen molar-refractivity contribution in [3.05, 3.63) is 35.7 Å². The summed E-state index contributed by atoms with van der Waals surface area (Å²) in [6, 6.07) is 6.47. The lowest BCUT2D eigenvalue weighted by atomic mass is 10.2. The van der Waals surface area contributed by atoms with E-state index in [0.717, 1.165) is 5.82 Å². The monoisotopic (exact) mass is 406 g/mol. The average molecular weight is 407 g/mol. The van der Waals surface area contributed by atoms with Crippen LogP contribution in [0.3, 0.4) is 0 Å². The molecule has 1 aromatic carbocycles. The summed E-state index contributed by atoms with van der Waals surface area (Å²) in [7, 11) is 0.112. The molecule has 0 unspecified atom stereocenters. The van der Waals surface area contributed by atoms with Crippen molar-refractivity contribution in [3.63, 3.8) is 0 Å². The Morgan fingerprint density at radius 2 is 1.82 bits per heavy atom. The van der Waals surface area contributed by atoms with Crippen LogP contribution in [0.25, 0.3) is 0 Å². The summed E-state index contributed by atoms with van der Waals surface area (Å²) in [6.45, 7) is 5.44. The zero-order chi connectivity index (χ0) is 20.9. The summed E-state index contributed by atoms with van der Waals surface area (Å²) in [5.41, 5.74) is 1.11. The van der Waals surface area contributed by atoms with E-state index < -0.39 is 10.0 Å². The maximum atomic E-state index is 12.5. The Morgan fingerprint density at radius 3 is 2.43 bits per heavy atom. The minimum absolute atomic E-state index is 0.175. The van der Waals surface area contributed by atoms with Crippen LogP contribution in [0.1, 0.15) is 18.3 Å². The van der Waals surface area contributed by atoms with Gasteiger partial charge in [0.1, 0.15) is 17.5 Å². The minimum atomic E-state index is -3.66. The second-order valence-corrected chi connectivity index (χ2v) is 8.27. The van der Waals surface area contributed by atoms with E-state index in [-0.39, 0.29) is 17.3 Å². The summed E-state index contributed by atoms with van der Waals surface area (Å²) in [5.74, 6) is 1.82. The Kier molecular flexibility index (Phi) is 6.92. The van der Waals surface area contributed by atoms with Crippen LogP contribution in [-0.4, -0.2) is 51.5 Å². The number of aryl methyl sites for hydroxylation is 2. The second kappa shape index (κ2) is 8.98. The normalized spacial score (nSPS) is 11.2. The van der Waals surface area contributed by atoms with Crippen molar-refractivity contribution in [2.24, 2.45) is 0 Å². The van der Waals surface area contributed by atoms with Crippen LogP contribution in [0.4, 0.5) is 17.3 Å². The minimum Gasteiger partial charge on any atom is -0.369 e. The van der Waals surface area contributed by atoms with Gasteiger partial charge in [0.15, 0.2) is 0 Å². The molecule has 10 heteroatoms. The summed E-state index contributed by atoms with van der Waals surface area (Å²) in [4.78, 5) is 21.8. The maximum absolute atomic E-state index is 12.5. The van der Waals surface area contributed by atoms with Crippen LogP contribution < -0.4 is 20.3 Å². The smallest absolute Gasteiger partial charge is 0.240 e. The molecule has 1 aromatic heterocycles. The molecule has 0 aliphatic carbocycles. The van der Waals surface area contributed by atoms with Gasteiger partial charge in [-0.2, -0.15) is 0 Å². The molecule has 1 heterocycles. The molecule has 0 saturated heterocycles. The predicted molar refractivity (Wildman–Crippen MR) is 110 cm³/mol. The number of sulfonamides is 1.